The first-order chi connectivity index (χ1) is 10.2. The molecule has 0 spiro atoms. The lowest BCUT2D eigenvalue weighted by atomic mass is 10.0. The van der Waals surface area contributed by atoms with Gasteiger partial charge in [-0.1, -0.05) is 6.07 Å². The SMILES string of the molecule is CC(C)N1CCC(Nc2cccc(-c3nnco3)c2)CC1. The normalized spacial score (nSPS) is 17.3. The van der Waals surface area contributed by atoms with E-state index in [-0.39, 0.29) is 0 Å². The van der Waals surface area contributed by atoms with Crippen molar-refractivity contribution in [2.45, 2.75) is 38.8 Å². The van der Waals surface area contributed by atoms with Crippen LogP contribution in [0.3, 0.4) is 0 Å². The van der Waals surface area contributed by atoms with Crippen LogP contribution < -0.4 is 5.32 Å². The number of hydrogen-bond acceptors (Lipinski definition) is 5. The van der Waals surface area contributed by atoms with Gasteiger partial charge in [-0.15, -0.1) is 10.2 Å². The van der Waals surface area contributed by atoms with Gasteiger partial charge in [0.05, 0.1) is 0 Å². The Bertz CT molecular complexity index is 559. The average Bonchev–Trinajstić information content (AvgIpc) is 3.02. The minimum absolute atomic E-state index is 0.540. The summed E-state index contributed by atoms with van der Waals surface area (Å²) in [5, 5.41) is 11.3. The van der Waals surface area contributed by atoms with Crippen LogP contribution in [0.25, 0.3) is 11.5 Å². The highest BCUT2D eigenvalue weighted by Gasteiger charge is 2.20. The van der Waals surface area contributed by atoms with Gasteiger partial charge in [0.1, 0.15) is 0 Å². The van der Waals surface area contributed by atoms with Gasteiger partial charge in [-0.05, 0) is 44.9 Å². The van der Waals surface area contributed by atoms with Crippen molar-refractivity contribution >= 4 is 5.69 Å². The molecule has 0 atom stereocenters. The van der Waals surface area contributed by atoms with E-state index >= 15 is 0 Å². The van der Waals surface area contributed by atoms with E-state index in [1.165, 1.54) is 32.3 Å². The van der Waals surface area contributed by atoms with Crippen molar-refractivity contribution in [2.75, 3.05) is 18.4 Å². The summed E-state index contributed by atoms with van der Waals surface area (Å²) in [5.41, 5.74) is 2.07. The Morgan fingerprint density at radius 1 is 1.29 bits per heavy atom. The molecule has 1 aromatic heterocycles. The third kappa shape index (κ3) is 3.42. The number of rotatable bonds is 4. The number of hydrogen-bond donors (Lipinski definition) is 1. The van der Waals surface area contributed by atoms with Crippen molar-refractivity contribution in [1.82, 2.24) is 15.1 Å². The summed E-state index contributed by atoms with van der Waals surface area (Å²) in [6.07, 6.45) is 3.73. The number of aromatic nitrogens is 2. The molecule has 2 heterocycles. The van der Waals surface area contributed by atoms with E-state index in [9.17, 15) is 0 Å². The van der Waals surface area contributed by atoms with Gasteiger partial charge in [0, 0.05) is 36.4 Å². The molecule has 1 aromatic carbocycles. The molecule has 2 aromatic rings. The molecule has 1 N–H and O–H groups in total. The van der Waals surface area contributed by atoms with Gasteiger partial charge in [0.15, 0.2) is 0 Å². The molecule has 21 heavy (non-hydrogen) atoms. The first-order valence-corrected chi connectivity index (χ1v) is 7.59. The third-order valence-electron chi connectivity index (χ3n) is 4.10. The fourth-order valence-electron chi connectivity index (χ4n) is 2.84. The Hall–Kier alpha value is -1.88. The van der Waals surface area contributed by atoms with Gasteiger partial charge in [-0.2, -0.15) is 0 Å². The van der Waals surface area contributed by atoms with Crippen LogP contribution in [-0.4, -0.2) is 40.3 Å². The standard InChI is InChI=1S/C16H22N4O/c1-12(2)20-8-6-14(7-9-20)18-15-5-3-4-13(10-15)16-19-17-11-21-16/h3-5,10-12,14,18H,6-9H2,1-2H3. The number of anilines is 1. The van der Waals surface area contributed by atoms with Crippen LogP contribution in [0.1, 0.15) is 26.7 Å². The zero-order valence-electron chi connectivity index (χ0n) is 12.6. The molecule has 1 saturated heterocycles. The molecule has 0 saturated carbocycles. The molecule has 0 aliphatic carbocycles. The van der Waals surface area contributed by atoms with E-state index in [1.807, 2.05) is 12.1 Å². The van der Waals surface area contributed by atoms with Gasteiger partial charge < -0.3 is 14.6 Å². The number of benzene rings is 1. The van der Waals surface area contributed by atoms with E-state index in [1.54, 1.807) is 0 Å². The van der Waals surface area contributed by atoms with Crippen molar-refractivity contribution in [1.29, 1.82) is 0 Å². The second-order valence-electron chi connectivity index (χ2n) is 5.87. The molecule has 5 nitrogen and oxygen atoms in total. The first-order valence-electron chi connectivity index (χ1n) is 7.59. The lowest BCUT2D eigenvalue weighted by Crippen LogP contribution is -2.42. The largest absolute Gasteiger partial charge is 0.423 e. The summed E-state index contributed by atoms with van der Waals surface area (Å²) in [5.74, 6) is 0.563. The topological polar surface area (TPSA) is 54.2 Å². The zero-order valence-corrected chi connectivity index (χ0v) is 12.6. The van der Waals surface area contributed by atoms with Crippen molar-refractivity contribution in [3.8, 4) is 11.5 Å². The van der Waals surface area contributed by atoms with Crippen LogP contribution in [0.2, 0.25) is 0 Å². The smallest absolute Gasteiger partial charge is 0.247 e. The van der Waals surface area contributed by atoms with Crippen LogP contribution in [0.5, 0.6) is 0 Å². The minimum atomic E-state index is 0.540. The highest BCUT2D eigenvalue weighted by atomic mass is 16.4. The summed E-state index contributed by atoms with van der Waals surface area (Å²) in [6, 6.07) is 9.35. The fraction of sp³-hybridized carbons (Fsp3) is 0.500. The number of piperidine rings is 1. The van der Waals surface area contributed by atoms with Crippen molar-refractivity contribution < 1.29 is 4.42 Å². The van der Waals surface area contributed by atoms with E-state index < -0.39 is 0 Å². The van der Waals surface area contributed by atoms with E-state index in [2.05, 4.69) is 46.4 Å². The molecule has 1 fully saturated rings. The molecule has 1 aliphatic rings. The van der Waals surface area contributed by atoms with Crippen molar-refractivity contribution in [2.24, 2.45) is 0 Å². The first kappa shape index (κ1) is 14.1. The summed E-state index contributed by atoms with van der Waals surface area (Å²) >= 11 is 0. The maximum Gasteiger partial charge on any atom is 0.247 e. The number of likely N-dealkylation sites (tertiary alicyclic amines) is 1. The highest BCUT2D eigenvalue weighted by molar-refractivity contribution is 5.61. The van der Waals surface area contributed by atoms with Gasteiger partial charge in [-0.25, -0.2) is 0 Å². The molecule has 0 amide bonds. The molecule has 3 rings (SSSR count). The molecular weight excluding hydrogens is 264 g/mol. The van der Waals surface area contributed by atoms with Gasteiger partial charge in [0.25, 0.3) is 0 Å². The van der Waals surface area contributed by atoms with Crippen LogP contribution in [-0.2, 0) is 0 Å². The molecular formula is C16H22N4O. The highest BCUT2D eigenvalue weighted by Crippen LogP contribution is 2.23. The zero-order chi connectivity index (χ0) is 14.7. The maximum absolute atomic E-state index is 5.25. The Balaban J connectivity index is 1.62. The molecule has 0 radical (unpaired) electrons. The third-order valence-corrected chi connectivity index (χ3v) is 4.10. The van der Waals surface area contributed by atoms with Gasteiger partial charge in [-0.3, -0.25) is 0 Å². The second-order valence-corrected chi connectivity index (χ2v) is 5.87. The Labute approximate surface area is 125 Å². The predicted molar refractivity (Wildman–Crippen MR) is 83.1 cm³/mol. The lowest BCUT2D eigenvalue weighted by molar-refractivity contribution is 0.177. The molecule has 0 bridgehead atoms. The van der Waals surface area contributed by atoms with Crippen molar-refractivity contribution in [3.05, 3.63) is 30.7 Å². The fourth-order valence-corrected chi connectivity index (χ4v) is 2.84. The van der Waals surface area contributed by atoms with E-state index in [4.69, 9.17) is 4.42 Å². The monoisotopic (exact) mass is 286 g/mol. The van der Waals surface area contributed by atoms with Crippen LogP contribution in [0.15, 0.2) is 35.1 Å². The second kappa shape index (κ2) is 6.26. The maximum atomic E-state index is 5.25. The van der Waals surface area contributed by atoms with Gasteiger partial charge in [0.2, 0.25) is 12.3 Å². The Kier molecular flexibility index (Phi) is 4.20. The Morgan fingerprint density at radius 3 is 2.76 bits per heavy atom. The molecule has 0 unspecified atom stereocenters. The Morgan fingerprint density at radius 2 is 2.10 bits per heavy atom. The van der Waals surface area contributed by atoms with Crippen LogP contribution in [0, 0.1) is 0 Å². The summed E-state index contributed by atoms with van der Waals surface area (Å²) in [7, 11) is 0. The van der Waals surface area contributed by atoms with Crippen molar-refractivity contribution in [3.63, 3.8) is 0 Å². The number of nitrogens with one attached hydrogen (secondary N) is 1. The summed E-state index contributed by atoms with van der Waals surface area (Å²) < 4.78 is 5.25. The molecule has 112 valence electrons. The summed E-state index contributed by atoms with van der Waals surface area (Å²) in [6.45, 7) is 6.86. The van der Waals surface area contributed by atoms with Crippen LogP contribution in [0.4, 0.5) is 5.69 Å². The van der Waals surface area contributed by atoms with Crippen LogP contribution >= 0.6 is 0 Å². The average molecular weight is 286 g/mol. The van der Waals surface area contributed by atoms with Gasteiger partial charge >= 0.3 is 0 Å². The lowest BCUT2D eigenvalue weighted by Gasteiger charge is -2.35. The quantitative estimate of drug-likeness (QED) is 0.936. The summed E-state index contributed by atoms with van der Waals surface area (Å²) in [4.78, 5) is 2.53. The van der Waals surface area contributed by atoms with E-state index in [0.29, 0.717) is 18.0 Å². The number of nitrogens with zero attached hydrogens (tertiary/aromatic N) is 3. The molecule has 1 aliphatic heterocycles. The van der Waals surface area contributed by atoms with E-state index in [0.717, 1.165) is 11.3 Å². The molecule has 5 heteroatoms. The minimum Gasteiger partial charge on any atom is -0.423 e. The predicted octanol–water partition coefficient (Wildman–Crippen LogP) is 3.02.